The van der Waals surface area contributed by atoms with Gasteiger partial charge in [0.25, 0.3) is 0 Å². The smallest absolute Gasteiger partial charge is 0.306 e. The number of ether oxygens (including phenoxy) is 3. The first-order valence-electron chi connectivity index (χ1n) is 32.5. The van der Waals surface area contributed by atoms with Crippen molar-refractivity contribution in [2.45, 2.75) is 314 Å². The van der Waals surface area contributed by atoms with E-state index in [1.54, 1.807) is 6.08 Å². The van der Waals surface area contributed by atoms with Gasteiger partial charge < -0.3 is 45.1 Å². The summed E-state index contributed by atoms with van der Waals surface area (Å²) in [4.78, 5) is 26.5. The number of allylic oxidation sites excluding steroid dienone is 15. The lowest BCUT2D eigenvalue weighted by atomic mass is 9.99. The van der Waals surface area contributed by atoms with Gasteiger partial charge in [0.05, 0.1) is 25.4 Å². The number of aliphatic hydroxyl groups excluding tert-OH is 5. The molecule has 0 aromatic carbocycles. The van der Waals surface area contributed by atoms with Gasteiger partial charge in [0.15, 0.2) is 12.4 Å². The van der Waals surface area contributed by atoms with Crippen molar-refractivity contribution in [1.82, 2.24) is 5.32 Å². The molecule has 6 N–H and O–H groups in total. The van der Waals surface area contributed by atoms with Gasteiger partial charge >= 0.3 is 5.97 Å². The molecule has 0 saturated carbocycles. The molecular weight excluding hydrogens is 1000 g/mol. The third-order valence-electron chi connectivity index (χ3n) is 14.7. The number of nitrogens with one attached hydrogen (secondary N) is 1. The van der Waals surface area contributed by atoms with Crippen molar-refractivity contribution in [3.05, 3.63) is 97.2 Å². The summed E-state index contributed by atoms with van der Waals surface area (Å²) >= 11 is 0. The van der Waals surface area contributed by atoms with E-state index in [2.05, 4.69) is 111 Å². The molecule has 1 fully saturated rings. The Morgan fingerprint density at radius 3 is 1.36 bits per heavy atom. The molecule has 0 aromatic rings. The van der Waals surface area contributed by atoms with Gasteiger partial charge in [-0.15, -0.1) is 0 Å². The van der Waals surface area contributed by atoms with E-state index < -0.39 is 67.4 Å². The van der Waals surface area contributed by atoms with Gasteiger partial charge in [0.1, 0.15) is 24.4 Å². The third-order valence-corrected chi connectivity index (χ3v) is 14.7. The molecule has 1 rings (SSSR count). The van der Waals surface area contributed by atoms with Gasteiger partial charge in [-0.1, -0.05) is 253 Å². The van der Waals surface area contributed by atoms with Crippen LogP contribution in [0.5, 0.6) is 0 Å². The average Bonchev–Trinajstić information content (AvgIpc) is 3.46. The van der Waals surface area contributed by atoms with Crippen LogP contribution in [0, 0.1) is 0 Å². The number of hydrogen-bond acceptors (Lipinski definition) is 10. The maximum Gasteiger partial charge on any atom is 0.306 e. The van der Waals surface area contributed by atoms with Crippen LogP contribution in [0.15, 0.2) is 97.2 Å². The lowest BCUT2D eigenvalue weighted by Gasteiger charge is -2.41. The second-order valence-electron chi connectivity index (χ2n) is 22.1. The first-order chi connectivity index (χ1) is 39.2. The molecule has 0 spiro atoms. The van der Waals surface area contributed by atoms with Crippen LogP contribution in [-0.4, -0.2) is 99.6 Å². The molecule has 0 bridgehead atoms. The highest BCUT2D eigenvalue weighted by Gasteiger charge is 2.47. The van der Waals surface area contributed by atoms with Crippen LogP contribution in [0.25, 0.3) is 0 Å². The highest BCUT2D eigenvalue weighted by Crippen LogP contribution is 2.26. The van der Waals surface area contributed by atoms with Crippen LogP contribution in [0.2, 0.25) is 0 Å². The fourth-order valence-electron chi connectivity index (χ4n) is 9.59. The van der Waals surface area contributed by atoms with Crippen molar-refractivity contribution >= 4 is 11.9 Å². The molecule has 8 atom stereocenters. The highest BCUT2D eigenvalue weighted by molar-refractivity contribution is 5.80. The minimum atomic E-state index is -1.62. The zero-order chi connectivity index (χ0) is 58.2. The molecule has 1 aliphatic rings. The van der Waals surface area contributed by atoms with Crippen molar-refractivity contribution in [3.8, 4) is 0 Å². The van der Waals surface area contributed by atoms with E-state index in [9.17, 15) is 35.1 Å². The summed E-state index contributed by atoms with van der Waals surface area (Å²) in [5.74, 6) is -1.22. The number of esters is 1. The standard InChI is InChI=1S/C69H119NO10/c1-4-7-10-13-16-19-22-24-25-26-27-28-29-30-31-32-33-34-35-36-37-39-42-45-48-51-54-57-64(74)80-67-66(76)65(75)63(58-71)79-69(67)78-59-60(61(72)55-52-49-46-43-40-21-18-15-12-9-6-3)70-68(77)62(73)56-53-50-47-44-41-38-23-20-17-14-11-8-5-2/h7,10,16,19,24-25,27-28,30-31,33-34,41,44,52,55,60-63,65-67,69,71-73,75-76H,4-6,8-9,11-15,17-18,20-23,26,29,32,35-40,42-43,45-51,53-54,56-59H2,1-3H3,(H,70,77)/b10-7-,19-16-,25-24-,28-27-,31-30-,34-33-,44-41-,55-52+. The third kappa shape index (κ3) is 43.3. The van der Waals surface area contributed by atoms with E-state index in [0.717, 1.165) is 109 Å². The Hall–Kier alpha value is -3.42. The number of hydrogen-bond donors (Lipinski definition) is 6. The van der Waals surface area contributed by atoms with Crippen LogP contribution in [0.4, 0.5) is 0 Å². The second-order valence-corrected chi connectivity index (χ2v) is 22.1. The number of rotatable bonds is 54. The molecule has 0 radical (unpaired) electrons. The molecule has 1 heterocycles. The fraction of sp³-hybridized carbons (Fsp3) is 0.739. The minimum absolute atomic E-state index is 0.107. The first kappa shape index (κ1) is 74.6. The van der Waals surface area contributed by atoms with E-state index in [-0.39, 0.29) is 19.4 Å². The lowest BCUT2D eigenvalue weighted by Crippen LogP contribution is -2.61. The molecule has 11 heteroatoms. The number of amides is 1. The molecular formula is C69H119NO10. The normalized spacial score (nSPS) is 19.4. The average molecular weight is 1120 g/mol. The summed E-state index contributed by atoms with van der Waals surface area (Å²) in [6.45, 7) is 5.64. The summed E-state index contributed by atoms with van der Waals surface area (Å²) in [5.41, 5.74) is 0. The van der Waals surface area contributed by atoms with Gasteiger partial charge in [0, 0.05) is 6.42 Å². The topological polar surface area (TPSA) is 175 Å². The molecule has 0 aromatic heterocycles. The van der Waals surface area contributed by atoms with Gasteiger partial charge in [-0.05, 0) is 103 Å². The Labute approximate surface area is 488 Å². The zero-order valence-electron chi connectivity index (χ0n) is 50.9. The SMILES string of the molecule is CC/C=C\C/C=C\C/C=C\C/C=C\C/C=C\C/C=C\CCCCCCCCCCC(=O)OC1C(OCC(NC(=O)C(O)CCCC/C=C\CCCCCCCCC)C(O)/C=C/CCCCCCCCCCC)OC(CO)C(O)C1O. The monoisotopic (exact) mass is 1120 g/mol. The number of aliphatic hydroxyl groups is 5. The highest BCUT2D eigenvalue weighted by atomic mass is 16.7. The van der Waals surface area contributed by atoms with E-state index in [1.807, 2.05) is 6.08 Å². The van der Waals surface area contributed by atoms with Crippen molar-refractivity contribution in [1.29, 1.82) is 0 Å². The Balaban J connectivity index is 2.59. The van der Waals surface area contributed by atoms with Gasteiger partial charge in [-0.2, -0.15) is 0 Å². The van der Waals surface area contributed by atoms with E-state index >= 15 is 0 Å². The van der Waals surface area contributed by atoms with Crippen LogP contribution in [0.3, 0.4) is 0 Å². The zero-order valence-corrected chi connectivity index (χ0v) is 50.9. The molecule has 11 nitrogen and oxygen atoms in total. The van der Waals surface area contributed by atoms with Gasteiger partial charge in [0.2, 0.25) is 5.91 Å². The molecule has 80 heavy (non-hydrogen) atoms. The molecule has 8 unspecified atom stereocenters. The van der Waals surface area contributed by atoms with Crippen molar-refractivity contribution in [2.75, 3.05) is 13.2 Å². The maximum absolute atomic E-state index is 13.4. The maximum atomic E-state index is 13.4. The summed E-state index contributed by atoms with van der Waals surface area (Å²) in [7, 11) is 0. The van der Waals surface area contributed by atoms with Crippen molar-refractivity contribution in [3.63, 3.8) is 0 Å². The van der Waals surface area contributed by atoms with E-state index in [4.69, 9.17) is 14.2 Å². The summed E-state index contributed by atoms with van der Waals surface area (Å²) in [6.07, 6.45) is 64.5. The quantitative estimate of drug-likeness (QED) is 0.0195. The predicted octanol–water partition coefficient (Wildman–Crippen LogP) is 15.9. The first-order valence-corrected chi connectivity index (χ1v) is 32.5. The fourth-order valence-corrected chi connectivity index (χ4v) is 9.59. The Morgan fingerprint density at radius 1 is 0.500 bits per heavy atom. The number of carbonyl (C=O) groups excluding carboxylic acids is 2. The Morgan fingerprint density at radius 2 is 0.900 bits per heavy atom. The molecule has 1 amide bonds. The van der Waals surface area contributed by atoms with Crippen LogP contribution in [-0.2, 0) is 23.8 Å². The lowest BCUT2D eigenvalue weighted by molar-refractivity contribution is -0.305. The summed E-state index contributed by atoms with van der Waals surface area (Å²) < 4.78 is 17.6. The number of unbranched alkanes of at least 4 members (excludes halogenated alkanes) is 26. The van der Waals surface area contributed by atoms with Gasteiger partial charge in [-0.3, -0.25) is 9.59 Å². The molecule has 1 saturated heterocycles. The van der Waals surface area contributed by atoms with Crippen LogP contribution >= 0.6 is 0 Å². The largest absolute Gasteiger partial charge is 0.454 e. The van der Waals surface area contributed by atoms with Crippen molar-refractivity contribution in [2.24, 2.45) is 0 Å². The Bertz CT molecular complexity index is 1670. The summed E-state index contributed by atoms with van der Waals surface area (Å²) in [5, 5.41) is 56.9. The van der Waals surface area contributed by atoms with Crippen LogP contribution in [0.1, 0.15) is 265 Å². The Kier molecular flexibility index (Phi) is 52.3. The number of carbonyl (C=O) groups is 2. The predicted molar refractivity (Wildman–Crippen MR) is 333 cm³/mol. The van der Waals surface area contributed by atoms with E-state index in [1.165, 1.54) is 109 Å². The second kappa shape index (κ2) is 56.1. The minimum Gasteiger partial charge on any atom is -0.454 e. The van der Waals surface area contributed by atoms with Gasteiger partial charge in [-0.25, -0.2) is 0 Å². The van der Waals surface area contributed by atoms with Crippen molar-refractivity contribution < 1.29 is 49.3 Å². The molecule has 460 valence electrons. The van der Waals surface area contributed by atoms with E-state index in [0.29, 0.717) is 12.8 Å². The molecule has 1 aliphatic heterocycles. The molecule has 0 aliphatic carbocycles. The van der Waals surface area contributed by atoms with Crippen LogP contribution < -0.4 is 5.32 Å². The summed E-state index contributed by atoms with van der Waals surface area (Å²) in [6, 6.07) is -1.04.